The van der Waals surface area contributed by atoms with E-state index in [-0.39, 0.29) is 12.0 Å². The van der Waals surface area contributed by atoms with Gasteiger partial charge in [-0.2, -0.15) is 0 Å². The lowest BCUT2D eigenvalue weighted by atomic mass is 9.91. The summed E-state index contributed by atoms with van der Waals surface area (Å²) < 4.78 is 13.3. The molecule has 0 saturated carbocycles. The lowest BCUT2D eigenvalue weighted by Crippen LogP contribution is -2.28. The number of hydrogen-bond acceptors (Lipinski definition) is 4. The number of nitrogens with zero attached hydrogens (tertiary/aromatic N) is 2. The first-order valence-electron chi connectivity index (χ1n) is 17.8. The second-order valence-electron chi connectivity index (χ2n) is 13.7. The third-order valence-electron chi connectivity index (χ3n) is 10.8. The summed E-state index contributed by atoms with van der Waals surface area (Å²) in [4.78, 5) is 4.83. The summed E-state index contributed by atoms with van der Waals surface area (Å²) in [6, 6.07) is 56.1. The van der Waals surface area contributed by atoms with E-state index in [0.717, 1.165) is 72.2 Å². The number of fused-ring (bicyclic) bond motifs is 9. The van der Waals surface area contributed by atoms with Crippen LogP contribution in [0, 0.1) is 0 Å². The molecule has 2 aliphatic rings. The standard InChI is InChI=1S/C48H32N2O2/c1-2-12-31(13-3-1)32-22-24-33(25-23-32)49(34-26-27-40-38-16-6-10-20-45(38)51-47(40)30-34)44-29-35(28-41-39-17-7-11-21-46(39)52-48(41)44)50-42-18-8-4-14-36(42)37-15-5-9-19-43(37)50/h1-30,36,42H. The first kappa shape index (κ1) is 29.0. The van der Waals surface area contributed by atoms with Gasteiger partial charge in [-0.05, 0) is 71.3 Å². The van der Waals surface area contributed by atoms with Gasteiger partial charge in [0.15, 0.2) is 5.58 Å². The van der Waals surface area contributed by atoms with Gasteiger partial charge in [-0.25, -0.2) is 0 Å². The third kappa shape index (κ3) is 4.41. The van der Waals surface area contributed by atoms with Crippen LogP contribution in [-0.2, 0) is 0 Å². The van der Waals surface area contributed by atoms with E-state index in [1.807, 2.05) is 18.2 Å². The summed E-state index contributed by atoms with van der Waals surface area (Å²) in [5.74, 6) is 0.276. The van der Waals surface area contributed by atoms with Gasteiger partial charge in [0.05, 0.1) is 17.4 Å². The van der Waals surface area contributed by atoms with E-state index >= 15 is 0 Å². The van der Waals surface area contributed by atoms with Crippen LogP contribution in [-0.4, -0.2) is 6.04 Å². The summed E-state index contributed by atoms with van der Waals surface area (Å²) >= 11 is 0. The first-order chi connectivity index (χ1) is 25.8. The zero-order chi connectivity index (χ0) is 34.2. The summed E-state index contributed by atoms with van der Waals surface area (Å²) in [5.41, 5.74) is 12.4. The Labute approximate surface area is 300 Å². The molecule has 0 amide bonds. The third-order valence-corrected chi connectivity index (χ3v) is 10.8. The first-order valence-corrected chi connectivity index (χ1v) is 17.8. The van der Waals surface area contributed by atoms with Gasteiger partial charge in [0, 0.05) is 50.6 Å². The quantitative estimate of drug-likeness (QED) is 0.183. The van der Waals surface area contributed by atoms with Crippen LogP contribution < -0.4 is 9.80 Å². The molecule has 0 N–H and O–H groups in total. The van der Waals surface area contributed by atoms with Crippen LogP contribution in [0.4, 0.5) is 28.4 Å². The predicted octanol–water partition coefficient (Wildman–Crippen LogP) is 13.4. The van der Waals surface area contributed by atoms with E-state index in [1.165, 1.54) is 16.8 Å². The fourth-order valence-electron chi connectivity index (χ4n) is 8.40. The van der Waals surface area contributed by atoms with E-state index in [4.69, 9.17) is 8.83 Å². The van der Waals surface area contributed by atoms with Crippen LogP contribution in [0.15, 0.2) is 191 Å². The molecule has 3 heterocycles. The molecule has 246 valence electrons. The second kappa shape index (κ2) is 11.4. The number of hydrogen-bond donors (Lipinski definition) is 0. The molecule has 52 heavy (non-hydrogen) atoms. The van der Waals surface area contributed by atoms with Gasteiger partial charge in [-0.15, -0.1) is 0 Å². The minimum absolute atomic E-state index is 0.163. The van der Waals surface area contributed by atoms with E-state index in [9.17, 15) is 0 Å². The highest BCUT2D eigenvalue weighted by Gasteiger charge is 2.38. The molecule has 2 atom stereocenters. The fraction of sp³-hybridized carbons (Fsp3) is 0.0417. The van der Waals surface area contributed by atoms with Gasteiger partial charge < -0.3 is 18.6 Å². The summed E-state index contributed by atoms with van der Waals surface area (Å²) in [6.45, 7) is 0. The van der Waals surface area contributed by atoms with Crippen molar-refractivity contribution >= 4 is 72.3 Å². The summed E-state index contributed by atoms with van der Waals surface area (Å²) in [6.07, 6.45) is 9.02. The molecule has 9 aromatic rings. The molecule has 1 aliphatic heterocycles. The number of anilines is 5. The summed E-state index contributed by atoms with van der Waals surface area (Å²) in [5, 5.41) is 4.38. The number of rotatable bonds is 5. The molecule has 4 heteroatoms. The van der Waals surface area contributed by atoms with E-state index in [2.05, 4.69) is 174 Å². The topological polar surface area (TPSA) is 32.8 Å². The fourth-order valence-corrected chi connectivity index (χ4v) is 8.40. The highest BCUT2D eigenvalue weighted by atomic mass is 16.3. The van der Waals surface area contributed by atoms with Gasteiger partial charge in [0.1, 0.15) is 16.7 Å². The van der Waals surface area contributed by atoms with Crippen LogP contribution in [0.1, 0.15) is 11.5 Å². The number of benzene rings is 7. The maximum Gasteiger partial charge on any atom is 0.159 e. The molecule has 0 radical (unpaired) electrons. The highest BCUT2D eigenvalue weighted by molar-refractivity contribution is 6.13. The van der Waals surface area contributed by atoms with Crippen molar-refractivity contribution in [1.29, 1.82) is 0 Å². The largest absolute Gasteiger partial charge is 0.456 e. The van der Waals surface area contributed by atoms with Crippen LogP contribution >= 0.6 is 0 Å². The zero-order valence-electron chi connectivity index (χ0n) is 28.2. The van der Waals surface area contributed by atoms with Crippen molar-refractivity contribution in [3.05, 3.63) is 188 Å². The van der Waals surface area contributed by atoms with Gasteiger partial charge in [0.25, 0.3) is 0 Å². The Bertz CT molecular complexity index is 2880. The van der Waals surface area contributed by atoms with Gasteiger partial charge in [-0.3, -0.25) is 0 Å². The molecule has 2 aromatic heterocycles. The Morgan fingerprint density at radius 1 is 0.481 bits per heavy atom. The molecule has 11 rings (SSSR count). The molecule has 4 nitrogen and oxygen atoms in total. The van der Waals surface area contributed by atoms with E-state index in [1.54, 1.807) is 0 Å². The van der Waals surface area contributed by atoms with Crippen molar-refractivity contribution in [1.82, 2.24) is 0 Å². The molecule has 0 bridgehead atoms. The predicted molar refractivity (Wildman–Crippen MR) is 215 cm³/mol. The van der Waals surface area contributed by atoms with E-state index in [0.29, 0.717) is 0 Å². The van der Waals surface area contributed by atoms with Gasteiger partial charge in [-0.1, -0.05) is 121 Å². The van der Waals surface area contributed by atoms with Crippen molar-refractivity contribution in [3.63, 3.8) is 0 Å². The van der Waals surface area contributed by atoms with Crippen molar-refractivity contribution in [2.75, 3.05) is 9.80 Å². The molecule has 1 aliphatic carbocycles. The van der Waals surface area contributed by atoms with Crippen LogP contribution in [0.2, 0.25) is 0 Å². The molecule has 0 spiro atoms. The van der Waals surface area contributed by atoms with E-state index < -0.39 is 0 Å². The SMILES string of the molecule is C1=CC2c3ccccc3N(c3cc(N(c4ccc(-c5ccccc5)cc4)c4ccc5c(c4)oc4ccccc45)c4oc5ccccc5c4c3)C2C=C1. The molecule has 7 aromatic carbocycles. The molecular formula is C48H32N2O2. The Balaban J connectivity index is 1.18. The van der Waals surface area contributed by atoms with Crippen molar-refractivity contribution in [2.24, 2.45) is 0 Å². The minimum atomic E-state index is 0.163. The zero-order valence-corrected chi connectivity index (χ0v) is 28.2. The number of allylic oxidation sites excluding steroid dienone is 2. The maximum absolute atomic E-state index is 6.82. The normalized spacial score (nSPS) is 16.3. The van der Waals surface area contributed by atoms with Crippen molar-refractivity contribution < 1.29 is 8.83 Å². The monoisotopic (exact) mass is 668 g/mol. The molecule has 0 saturated heterocycles. The maximum atomic E-state index is 6.82. The average molecular weight is 669 g/mol. The average Bonchev–Trinajstić information content (AvgIpc) is 3.88. The van der Waals surface area contributed by atoms with Gasteiger partial charge in [0.2, 0.25) is 0 Å². The highest BCUT2D eigenvalue weighted by Crippen LogP contribution is 2.51. The van der Waals surface area contributed by atoms with Crippen molar-refractivity contribution in [2.45, 2.75) is 12.0 Å². The van der Waals surface area contributed by atoms with Crippen LogP contribution in [0.3, 0.4) is 0 Å². The minimum Gasteiger partial charge on any atom is -0.456 e. The molecule has 2 unspecified atom stereocenters. The van der Waals surface area contributed by atoms with Crippen LogP contribution in [0.5, 0.6) is 0 Å². The lowest BCUT2D eigenvalue weighted by molar-refractivity contribution is 0.667. The summed E-state index contributed by atoms with van der Waals surface area (Å²) in [7, 11) is 0. The Hall–Kier alpha value is -6.78. The van der Waals surface area contributed by atoms with Gasteiger partial charge >= 0.3 is 0 Å². The molecule has 0 fully saturated rings. The van der Waals surface area contributed by atoms with Crippen LogP contribution in [0.25, 0.3) is 55.0 Å². The molecular weight excluding hydrogens is 637 g/mol. The Morgan fingerprint density at radius 3 is 1.98 bits per heavy atom. The smallest absolute Gasteiger partial charge is 0.159 e. The number of furan rings is 2. The Kier molecular flexibility index (Phi) is 6.34. The number of para-hydroxylation sites is 3. The Morgan fingerprint density at radius 2 is 1.13 bits per heavy atom. The lowest BCUT2D eigenvalue weighted by Gasteiger charge is -2.31. The van der Waals surface area contributed by atoms with Crippen molar-refractivity contribution in [3.8, 4) is 11.1 Å². The second-order valence-corrected chi connectivity index (χ2v) is 13.7.